The molecule has 4 amide bonds. The minimum Gasteiger partial charge on any atom is -0.273 e. The van der Waals surface area contributed by atoms with E-state index in [0.29, 0.717) is 22.3 Å². The number of fused-ring (bicyclic) bond motifs is 2. The molecule has 0 saturated carbocycles. The molecule has 0 aliphatic carbocycles. The van der Waals surface area contributed by atoms with E-state index in [0.717, 1.165) is 14.1 Å². The fourth-order valence-corrected chi connectivity index (χ4v) is 4.86. The Kier molecular flexibility index (Phi) is 12.6. The van der Waals surface area contributed by atoms with Crippen LogP contribution < -0.4 is 0 Å². The number of sulfonamides is 1. The molecule has 40 heavy (non-hydrogen) atoms. The second-order valence-electron chi connectivity index (χ2n) is 8.66. The van der Waals surface area contributed by atoms with Crippen LogP contribution in [0.1, 0.15) is 69.1 Å². The van der Waals surface area contributed by atoms with E-state index in [1.807, 2.05) is 0 Å². The maximum Gasteiger partial charge on any atom is 0.261 e. The Morgan fingerprint density at radius 3 is 1.18 bits per heavy atom. The van der Waals surface area contributed by atoms with E-state index in [2.05, 4.69) is 13.8 Å². The lowest BCUT2D eigenvalue weighted by molar-refractivity contribution is 0.0648. The predicted molar refractivity (Wildman–Crippen MR) is 153 cm³/mol. The van der Waals surface area contributed by atoms with Gasteiger partial charge in [-0.25, -0.2) is 21.1 Å². The van der Waals surface area contributed by atoms with Gasteiger partial charge in [0.25, 0.3) is 23.6 Å². The van der Waals surface area contributed by atoms with Crippen molar-refractivity contribution in [2.75, 3.05) is 38.7 Å². The van der Waals surface area contributed by atoms with Gasteiger partial charge in [0.2, 0.25) is 19.1 Å². The molecule has 11 nitrogen and oxygen atoms in total. The normalized spacial score (nSPS) is 14.2. The molecule has 2 aromatic carbocycles. The van der Waals surface area contributed by atoms with Gasteiger partial charge < -0.3 is 0 Å². The van der Waals surface area contributed by atoms with Crippen molar-refractivity contribution in [3.63, 3.8) is 0 Å². The Labute approximate surface area is 240 Å². The number of rotatable bonds is 7. The zero-order valence-electron chi connectivity index (χ0n) is 22.0. The highest BCUT2D eigenvalue weighted by atomic mass is 35.7. The van der Waals surface area contributed by atoms with Crippen molar-refractivity contribution < 1.29 is 36.0 Å². The molecule has 0 N–H and O–H groups in total. The molecular weight excluding hydrogens is 582 g/mol. The molecule has 14 heteroatoms. The first-order valence-corrected chi connectivity index (χ1v) is 16.0. The summed E-state index contributed by atoms with van der Waals surface area (Å²) >= 11 is 0. The quantitative estimate of drug-likeness (QED) is 0.341. The lowest BCUT2D eigenvalue weighted by Gasteiger charge is -2.16. The minimum absolute atomic E-state index is 0. The number of benzene rings is 2. The fraction of sp³-hybridized carbons (Fsp3) is 0.385. The second-order valence-corrected chi connectivity index (χ2v) is 13.9. The van der Waals surface area contributed by atoms with Crippen molar-refractivity contribution in [2.45, 2.75) is 27.7 Å². The highest BCUT2D eigenvalue weighted by Gasteiger charge is 2.36. The van der Waals surface area contributed by atoms with Crippen LogP contribution in [0.5, 0.6) is 0 Å². The summed E-state index contributed by atoms with van der Waals surface area (Å²) in [6.45, 7) is 3.89. The topological polar surface area (TPSA) is 146 Å². The van der Waals surface area contributed by atoms with Gasteiger partial charge in [0.15, 0.2) is 0 Å². The van der Waals surface area contributed by atoms with Crippen molar-refractivity contribution in [1.29, 1.82) is 0 Å². The highest BCUT2D eigenvalue weighted by molar-refractivity contribution is 8.13. The third-order valence-electron chi connectivity index (χ3n) is 5.44. The van der Waals surface area contributed by atoms with Crippen LogP contribution in [0, 0.1) is 0 Å². The average Bonchev–Trinajstić information content (AvgIpc) is 3.26. The zero-order chi connectivity index (χ0) is 29.5. The molecule has 4 rings (SSSR count). The number of nitrogens with zero attached hydrogens (tertiary/aromatic N) is 3. The molecule has 2 aliphatic heterocycles. The molecule has 0 atom stereocenters. The predicted octanol–water partition coefficient (Wildman–Crippen LogP) is 3.08. The van der Waals surface area contributed by atoms with Crippen LogP contribution >= 0.6 is 10.7 Å². The smallest absolute Gasteiger partial charge is 0.261 e. The molecule has 0 saturated heterocycles. The maximum atomic E-state index is 12.0. The Balaban J connectivity index is 0.000000358. The number of carbonyl (C=O) groups excluding carboxylic acids is 4. The van der Waals surface area contributed by atoms with Gasteiger partial charge in [0.1, 0.15) is 0 Å². The molecule has 0 aromatic heterocycles. The van der Waals surface area contributed by atoms with E-state index >= 15 is 0 Å². The Bertz CT molecular complexity index is 1400. The summed E-state index contributed by atoms with van der Waals surface area (Å²) in [4.78, 5) is 49.4. The lowest BCUT2D eigenvalue weighted by Crippen LogP contribution is -2.37. The van der Waals surface area contributed by atoms with Crippen molar-refractivity contribution >= 4 is 53.4 Å². The van der Waals surface area contributed by atoms with Crippen LogP contribution in [0.25, 0.3) is 0 Å². The number of halogens is 1. The van der Waals surface area contributed by atoms with E-state index < -0.39 is 48.5 Å². The molecule has 0 fully saturated rings. The highest BCUT2D eigenvalue weighted by Crippen LogP contribution is 2.23. The van der Waals surface area contributed by atoms with Gasteiger partial charge in [-0.05, 0) is 24.3 Å². The first kappa shape index (κ1) is 34.9. The maximum absolute atomic E-state index is 12.0. The van der Waals surface area contributed by atoms with Crippen LogP contribution in [-0.4, -0.2) is 93.3 Å². The SMILES string of the molecule is C.CCC.CN(C)S(=O)(=O)CCN1C(=O)c2ccccc2C1=O.O=C1c2ccccc2C(=O)N1CCS(=O)(=O)Cl. The number of hydrogen-bond acceptors (Lipinski definition) is 8. The largest absolute Gasteiger partial charge is 0.273 e. The fourth-order valence-electron chi connectivity index (χ4n) is 3.47. The summed E-state index contributed by atoms with van der Waals surface area (Å²) in [6.07, 6.45) is 1.25. The number of amides is 4. The zero-order valence-corrected chi connectivity index (χ0v) is 24.3. The van der Waals surface area contributed by atoms with E-state index in [-0.39, 0.29) is 26.3 Å². The first-order valence-electron chi connectivity index (χ1n) is 11.9. The lowest BCUT2D eigenvalue weighted by atomic mass is 10.1. The summed E-state index contributed by atoms with van der Waals surface area (Å²) in [5.74, 6) is -2.55. The van der Waals surface area contributed by atoms with Crippen molar-refractivity contribution in [3.05, 3.63) is 70.8 Å². The summed E-state index contributed by atoms with van der Waals surface area (Å²) in [7, 11) is 0.718. The van der Waals surface area contributed by atoms with Crippen LogP contribution in [0.2, 0.25) is 0 Å². The molecule has 0 bridgehead atoms. The minimum atomic E-state index is -3.72. The van der Waals surface area contributed by atoms with Gasteiger partial charge in [-0.15, -0.1) is 0 Å². The molecule has 2 heterocycles. The van der Waals surface area contributed by atoms with Gasteiger partial charge >= 0.3 is 0 Å². The number of hydrogen-bond donors (Lipinski definition) is 0. The van der Waals surface area contributed by atoms with E-state index in [9.17, 15) is 36.0 Å². The summed E-state index contributed by atoms with van der Waals surface area (Å²) in [5, 5.41) is 0. The standard InChI is InChI=1S/C12H14N2O4S.C10H8ClNO4S.C3H8.CH4/c1-13(2)19(17,18)8-7-14-11(15)9-5-3-4-6-10(9)12(14)16;11-17(15,16)6-5-12-9(13)7-3-1-2-4-8(7)10(12)14;1-3-2;/h3-6H,7-8H2,1-2H3;1-4H,5-6H2;3H2,1-2H3;1H4. The van der Waals surface area contributed by atoms with Gasteiger partial charge in [-0.1, -0.05) is 52.0 Å². The molecule has 220 valence electrons. The molecular formula is C26H34ClN3O8S2. The van der Waals surface area contributed by atoms with Crippen LogP contribution in [0.4, 0.5) is 0 Å². The van der Waals surface area contributed by atoms with Crippen LogP contribution in [-0.2, 0) is 19.1 Å². The molecule has 2 aromatic rings. The molecule has 0 spiro atoms. The van der Waals surface area contributed by atoms with Gasteiger partial charge in [0.05, 0.1) is 33.8 Å². The second kappa shape index (κ2) is 14.5. The average molecular weight is 616 g/mol. The summed E-state index contributed by atoms with van der Waals surface area (Å²) in [6, 6.07) is 12.8. The van der Waals surface area contributed by atoms with Crippen molar-refractivity contribution in [1.82, 2.24) is 14.1 Å². The summed E-state index contributed by atoms with van der Waals surface area (Å²) in [5.41, 5.74) is 1.25. The number of carbonyl (C=O) groups is 4. The van der Waals surface area contributed by atoms with Gasteiger partial charge in [-0.3, -0.25) is 29.0 Å². The first-order chi connectivity index (χ1) is 18.2. The molecule has 2 aliphatic rings. The third-order valence-corrected chi connectivity index (χ3v) is 8.39. The van der Waals surface area contributed by atoms with E-state index in [1.54, 1.807) is 36.4 Å². The molecule has 0 radical (unpaired) electrons. The van der Waals surface area contributed by atoms with E-state index in [1.165, 1.54) is 32.6 Å². The summed E-state index contributed by atoms with van der Waals surface area (Å²) < 4.78 is 46.0. The number of imide groups is 2. The van der Waals surface area contributed by atoms with Crippen molar-refractivity contribution in [3.8, 4) is 0 Å². The monoisotopic (exact) mass is 615 g/mol. The Morgan fingerprint density at radius 1 is 0.650 bits per heavy atom. The Hall–Kier alpha value is -3.13. The van der Waals surface area contributed by atoms with Crippen molar-refractivity contribution in [2.24, 2.45) is 0 Å². The van der Waals surface area contributed by atoms with Gasteiger partial charge in [-0.2, -0.15) is 0 Å². The van der Waals surface area contributed by atoms with E-state index in [4.69, 9.17) is 10.7 Å². The third kappa shape index (κ3) is 8.43. The Morgan fingerprint density at radius 2 is 0.925 bits per heavy atom. The van der Waals surface area contributed by atoms with Crippen LogP contribution in [0.15, 0.2) is 48.5 Å². The van der Waals surface area contributed by atoms with Crippen LogP contribution in [0.3, 0.4) is 0 Å². The van der Waals surface area contributed by atoms with Gasteiger partial charge in [0, 0.05) is 37.9 Å². The molecule has 0 unspecified atom stereocenters.